The summed E-state index contributed by atoms with van der Waals surface area (Å²) in [6, 6.07) is 4.63. The van der Waals surface area contributed by atoms with Crippen molar-refractivity contribution in [1.82, 2.24) is 14.8 Å². The van der Waals surface area contributed by atoms with Gasteiger partial charge in [-0.3, -0.25) is 14.7 Å². The summed E-state index contributed by atoms with van der Waals surface area (Å²) in [6.45, 7) is 0. The second-order valence-electron chi connectivity index (χ2n) is 4.01. The van der Waals surface area contributed by atoms with Gasteiger partial charge in [0.1, 0.15) is 0 Å². The van der Waals surface area contributed by atoms with E-state index in [9.17, 15) is 14.9 Å². The number of nitro groups is 1. The standard InChI is InChI=1S/C11H13N5O3S/c1-12-9-4-3-8(16(18)19)5-7(9)6-20-11-14-13-10(17)15(11)2/h3-5,12H,6H2,1-2H3,(H,13,17). The average molecular weight is 295 g/mol. The predicted octanol–water partition coefficient (Wildman–Crippen LogP) is 1.35. The van der Waals surface area contributed by atoms with Crippen molar-refractivity contribution in [1.29, 1.82) is 0 Å². The van der Waals surface area contributed by atoms with Crippen molar-refractivity contribution in [2.45, 2.75) is 10.9 Å². The van der Waals surface area contributed by atoms with Gasteiger partial charge in [0.15, 0.2) is 5.16 Å². The summed E-state index contributed by atoms with van der Waals surface area (Å²) in [4.78, 5) is 21.6. The topological polar surface area (TPSA) is 106 Å². The number of non-ortho nitro benzene ring substituents is 1. The number of hydrogen-bond donors (Lipinski definition) is 2. The van der Waals surface area contributed by atoms with Crippen molar-refractivity contribution in [2.75, 3.05) is 12.4 Å². The zero-order chi connectivity index (χ0) is 14.7. The van der Waals surface area contributed by atoms with Crippen LogP contribution >= 0.6 is 11.8 Å². The summed E-state index contributed by atoms with van der Waals surface area (Å²) in [5.74, 6) is 0.468. The van der Waals surface area contributed by atoms with Gasteiger partial charge < -0.3 is 5.32 Å². The number of nitro benzene ring substituents is 1. The summed E-state index contributed by atoms with van der Waals surface area (Å²) < 4.78 is 1.39. The fraction of sp³-hybridized carbons (Fsp3) is 0.273. The molecule has 20 heavy (non-hydrogen) atoms. The van der Waals surface area contributed by atoms with E-state index in [1.807, 2.05) is 0 Å². The quantitative estimate of drug-likeness (QED) is 0.490. The van der Waals surface area contributed by atoms with Crippen LogP contribution in [-0.2, 0) is 12.8 Å². The molecule has 0 radical (unpaired) electrons. The van der Waals surface area contributed by atoms with E-state index in [0.29, 0.717) is 10.9 Å². The molecule has 0 bridgehead atoms. The third-order valence-corrected chi connectivity index (χ3v) is 3.84. The SMILES string of the molecule is CNc1ccc([N+](=O)[O-])cc1CSc1n[nH]c(=O)n1C. The minimum absolute atomic E-state index is 0.0375. The van der Waals surface area contributed by atoms with E-state index in [0.717, 1.165) is 11.3 Å². The average Bonchev–Trinajstić information content (AvgIpc) is 2.76. The molecule has 2 N–H and O–H groups in total. The normalized spacial score (nSPS) is 10.5. The lowest BCUT2D eigenvalue weighted by Crippen LogP contribution is -2.12. The van der Waals surface area contributed by atoms with E-state index >= 15 is 0 Å². The highest BCUT2D eigenvalue weighted by Crippen LogP contribution is 2.27. The molecule has 9 heteroatoms. The lowest BCUT2D eigenvalue weighted by Gasteiger charge is -2.08. The molecule has 106 valence electrons. The van der Waals surface area contributed by atoms with Gasteiger partial charge in [-0.1, -0.05) is 11.8 Å². The monoisotopic (exact) mass is 295 g/mol. The van der Waals surface area contributed by atoms with Crippen LogP contribution in [0.3, 0.4) is 0 Å². The highest BCUT2D eigenvalue weighted by atomic mass is 32.2. The maximum absolute atomic E-state index is 11.2. The van der Waals surface area contributed by atoms with Crippen molar-refractivity contribution in [3.8, 4) is 0 Å². The molecule has 2 rings (SSSR count). The molecule has 0 aliphatic carbocycles. The van der Waals surface area contributed by atoms with E-state index in [4.69, 9.17) is 0 Å². The van der Waals surface area contributed by atoms with Gasteiger partial charge in [0.2, 0.25) is 0 Å². The lowest BCUT2D eigenvalue weighted by molar-refractivity contribution is -0.384. The maximum atomic E-state index is 11.2. The maximum Gasteiger partial charge on any atom is 0.343 e. The number of benzene rings is 1. The first-order valence-corrected chi connectivity index (χ1v) is 6.70. The first kappa shape index (κ1) is 14.1. The summed E-state index contributed by atoms with van der Waals surface area (Å²) in [5.41, 5.74) is 1.33. The number of aromatic amines is 1. The van der Waals surface area contributed by atoms with Gasteiger partial charge in [-0.05, 0) is 11.6 Å². The minimum Gasteiger partial charge on any atom is -0.388 e. The number of aromatic nitrogens is 3. The molecule has 1 heterocycles. The van der Waals surface area contributed by atoms with Crippen LogP contribution in [0.2, 0.25) is 0 Å². The first-order chi connectivity index (χ1) is 9.52. The molecule has 0 atom stereocenters. The molecule has 0 fully saturated rings. The Morgan fingerprint density at radius 3 is 2.85 bits per heavy atom. The predicted molar refractivity (Wildman–Crippen MR) is 76.0 cm³/mol. The Labute approximate surface area is 118 Å². The van der Waals surface area contributed by atoms with Gasteiger partial charge in [0, 0.05) is 37.7 Å². The van der Waals surface area contributed by atoms with Crippen molar-refractivity contribution >= 4 is 23.1 Å². The van der Waals surface area contributed by atoms with Crippen LogP contribution in [0.15, 0.2) is 28.2 Å². The van der Waals surface area contributed by atoms with Crippen LogP contribution in [0.1, 0.15) is 5.56 Å². The van der Waals surface area contributed by atoms with Crippen molar-refractivity contribution in [2.24, 2.45) is 7.05 Å². The molecule has 0 unspecified atom stereocenters. The Hall–Kier alpha value is -2.29. The molecule has 0 aliphatic rings. The highest BCUT2D eigenvalue weighted by Gasteiger charge is 2.12. The second-order valence-corrected chi connectivity index (χ2v) is 4.95. The highest BCUT2D eigenvalue weighted by molar-refractivity contribution is 7.98. The Morgan fingerprint density at radius 2 is 2.30 bits per heavy atom. The molecule has 0 spiro atoms. The number of anilines is 1. The van der Waals surface area contributed by atoms with E-state index in [1.54, 1.807) is 20.2 Å². The Bertz CT molecular complexity index is 694. The molecular formula is C11H13N5O3S. The van der Waals surface area contributed by atoms with Crippen LogP contribution < -0.4 is 11.0 Å². The van der Waals surface area contributed by atoms with E-state index < -0.39 is 4.92 Å². The van der Waals surface area contributed by atoms with Gasteiger partial charge >= 0.3 is 5.69 Å². The zero-order valence-corrected chi connectivity index (χ0v) is 11.7. The van der Waals surface area contributed by atoms with Crippen molar-refractivity contribution in [3.05, 3.63) is 44.4 Å². The molecule has 0 saturated carbocycles. The Morgan fingerprint density at radius 1 is 1.55 bits per heavy atom. The van der Waals surface area contributed by atoms with Gasteiger partial charge in [0.05, 0.1) is 4.92 Å². The van der Waals surface area contributed by atoms with E-state index in [-0.39, 0.29) is 11.4 Å². The minimum atomic E-state index is -0.433. The van der Waals surface area contributed by atoms with E-state index in [1.165, 1.54) is 28.5 Å². The Balaban J connectivity index is 2.23. The second kappa shape index (κ2) is 5.78. The number of H-pyrrole nitrogens is 1. The van der Waals surface area contributed by atoms with Gasteiger partial charge in [-0.15, -0.1) is 5.10 Å². The van der Waals surface area contributed by atoms with Crippen molar-refractivity contribution in [3.63, 3.8) is 0 Å². The summed E-state index contributed by atoms with van der Waals surface area (Å²) in [6.07, 6.45) is 0. The van der Waals surface area contributed by atoms with Crippen LogP contribution in [0, 0.1) is 10.1 Å². The smallest absolute Gasteiger partial charge is 0.343 e. The molecule has 1 aromatic heterocycles. The molecular weight excluding hydrogens is 282 g/mol. The number of nitrogens with one attached hydrogen (secondary N) is 2. The largest absolute Gasteiger partial charge is 0.388 e. The van der Waals surface area contributed by atoms with Crippen molar-refractivity contribution < 1.29 is 4.92 Å². The summed E-state index contributed by atoms with van der Waals surface area (Å²) in [5, 5.41) is 20.5. The molecule has 0 amide bonds. The molecule has 0 saturated heterocycles. The first-order valence-electron chi connectivity index (χ1n) is 5.72. The lowest BCUT2D eigenvalue weighted by atomic mass is 10.2. The van der Waals surface area contributed by atoms with Gasteiger partial charge in [-0.2, -0.15) is 0 Å². The molecule has 1 aromatic carbocycles. The third-order valence-electron chi connectivity index (χ3n) is 2.76. The van der Waals surface area contributed by atoms with Crippen LogP contribution in [-0.4, -0.2) is 26.7 Å². The number of thioether (sulfide) groups is 1. The molecule has 8 nitrogen and oxygen atoms in total. The Kier molecular flexibility index (Phi) is 4.08. The van der Waals surface area contributed by atoms with Gasteiger partial charge in [-0.25, -0.2) is 9.89 Å². The number of rotatable bonds is 5. The molecule has 0 aliphatic heterocycles. The van der Waals surface area contributed by atoms with Crippen LogP contribution in [0.4, 0.5) is 11.4 Å². The summed E-state index contributed by atoms with van der Waals surface area (Å²) in [7, 11) is 3.36. The zero-order valence-electron chi connectivity index (χ0n) is 10.9. The fourth-order valence-corrected chi connectivity index (χ4v) is 2.57. The molecule has 2 aromatic rings. The fourth-order valence-electron chi connectivity index (χ4n) is 1.66. The van der Waals surface area contributed by atoms with Gasteiger partial charge in [0.25, 0.3) is 5.69 Å². The van der Waals surface area contributed by atoms with Crippen LogP contribution in [0.25, 0.3) is 0 Å². The summed E-state index contributed by atoms with van der Waals surface area (Å²) >= 11 is 1.33. The van der Waals surface area contributed by atoms with E-state index in [2.05, 4.69) is 15.5 Å². The number of hydrogen-bond acceptors (Lipinski definition) is 6. The number of nitrogens with zero attached hydrogens (tertiary/aromatic N) is 3. The van der Waals surface area contributed by atoms with Crippen LogP contribution in [0.5, 0.6) is 0 Å². The third kappa shape index (κ3) is 2.82.